The lowest BCUT2D eigenvalue weighted by Gasteiger charge is -2.36. The average molecular weight is 317 g/mol. The molecule has 2 rings (SSSR count). The highest BCUT2D eigenvalue weighted by atomic mass is 19.4. The highest BCUT2D eigenvalue weighted by Crippen LogP contribution is 2.31. The predicted molar refractivity (Wildman–Crippen MR) is 75.4 cm³/mol. The Kier molecular flexibility index (Phi) is 5.12. The monoisotopic (exact) mass is 317 g/mol. The number of nitrogens with zero attached hydrogens (tertiary/aromatic N) is 2. The van der Waals surface area contributed by atoms with Crippen LogP contribution in [0.25, 0.3) is 0 Å². The van der Waals surface area contributed by atoms with Crippen LogP contribution in [0.5, 0.6) is 0 Å². The van der Waals surface area contributed by atoms with E-state index in [1.807, 2.05) is 4.90 Å². The fraction of sp³-hybridized carbons (Fsp3) is 0.500. The van der Waals surface area contributed by atoms with E-state index in [-0.39, 0.29) is 6.03 Å². The summed E-state index contributed by atoms with van der Waals surface area (Å²) >= 11 is 0. The first-order valence-electron chi connectivity index (χ1n) is 7.00. The number of halogens is 3. The smallest absolute Gasteiger partial charge is 0.368 e. The molecule has 0 radical (unpaired) electrons. The van der Waals surface area contributed by atoms with Crippen LogP contribution in [0.1, 0.15) is 12.5 Å². The normalized spacial score (nSPS) is 15.8. The van der Waals surface area contributed by atoms with Crippen LogP contribution < -0.4 is 10.4 Å². The quantitative estimate of drug-likeness (QED) is 0.871. The standard InChI is InChI=1S/C14H18F3N3O2/c1-2-22-18-13(21)20-8-6-19(7-9-20)12-5-3-4-11(10-12)14(15,16)17/h3-5,10H,2,6-9H2,1H3,(H,18,21). The number of hydrogen-bond donors (Lipinski definition) is 1. The summed E-state index contributed by atoms with van der Waals surface area (Å²) in [6.07, 6.45) is -4.35. The van der Waals surface area contributed by atoms with E-state index in [1.54, 1.807) is 17.9 Å². The fourth-order valence-electron chi connectivity index (χ4n) is 2.25. The van der Waals surface area contributed by atoms with E-state index in [4.69, 9.17) is 4.84 Å². The molecule has 8 heteroatoms. The molecule has 0 unspecified atom stereocenters. The summed E-state index contributed by atoms with van der Waals surface area (Å²) in [6.45, 7) is 3.92. The van der Waals surface area contributed by atoms with Gasteiger partial charge < -0.3 is 9.80 Å². The molecule has 2 amide bonds. The topological polar surface area (TPSA) is 44.8 Å². The zero-order chi connectivity index (χ0) is 16.2. The minimum Gasteiger partial charge on any atom is -0.368 e. The van der Waals surface area contributed by atoms with Gasteiger partial charge in [-0.25, -0.2) is 10.3 Å². The molecule has 0 aliphatic carbocycles. The molecule has 1 N–H and O–H groups in total. The van der Waals surface area contributed by atoms with Gasteiger partial charge in [0.25, 0.3) is 0 Å². The summed E-state index contributed by atoms with van der Waals surface area (Å²) in [5.41, 5.74) is 2.15. The molecule has 122 valence electrons. The highest BCUT2D eigenvalue weighted by molar-refractivity contribution is 5.73. The van der Waals surface area contributed by atoms with Crippen LogP contribution >= 0.6 is 0 Å². The van der Waals surface area contributed by atoms with Crippen LogP contribution in [0.2, 0.25) is 0 Å². The van der Waals surface area contributed by atoms with Gasteiger partial charge in [0.15, 0.2) is 0 Å². The lowest BCUT2D eigenvalue weighted by atomic mass is 10.1. The largest absolute Gasteiger partial charge is 0.416 e. The number of carbonyl (C=O) groups is 1. The second kappa shape index (κ2) is 6.87. The number of rotatable bonds is 3. The molecule has 0 spiro atoms. The van der Waals surface area contributed by atoms with Crippen LogP contribution in [0.15, 0.2) is 24.3 Å². The summed E-state index contributed by atoms with van der Waals surface area (Å²) in [7, 11) is 0. The Balaban J connectivity index is 1.96. The Labute approximate surface area is 126 Å². The average Bonchev–Trinajstić information content (AvgIpc) is 2.52. The van der Waals surface area contributed by atoms with Gasteiger partial charge in [0, 0.05) is 31.9 Å². The van der Waals surface area contributed by atoms with Gasteiger partial charge in [-0.15, -0.1) is 0 Å². The van der Waals surface area contributed by atoms with Crippen molar-refractivity contribution in [1.29, 1.82) is 0 Å². The van der Waals surface area contributed by atoms with E-state index in [0.29, 0.717) is 38.5 Å². The first-order chi connectivity index (χ1) is 10.4. The summed E-state index contributed by atoms with van der Waals surface area (Å²) in [6, 6.07) is 4.90. The second-order valence-electron chi connectivity index (χ2n) is 4.86. The summed E-state index contributed by atoms with van der Waals surface area (Å²) in [5.74, 6) is 0. The van der Waals surface area contributed by atoms with Crippen molar-refractivity contribution >= 4 is 11.7 Å². The number of hydrogen-bond acceptors (Lipinski definition) is 3. The Hall–Kier alpha value is -1.96. The third-order valence-corrected chi connectivity index (χ3v) is 3.41. The number of piperazine rings is 1. The van der Waals surface area contributed by atoms with Gasteiger partial charge >= 0.3 is 12.2 Å². The van der Waals surface area contributed by atoms with Crippen LogP contribution in [0.3, 0.4) is 0 Å². The van der Waals surface area contributed by atoms with Gasteiger partial charge in [0.2, 0.25) is 0 Å². The Morgan fingerprint density at radius 3 is 2.55 bits per heavy atom. The molecule has 1 aromatic rings. The third kappa shape index (κ3) is 4.03. The molecular weight excluding hydrogens is 299 g/mol. The van der Waals surface area contributed by atoms with E-state index >= 15 is 0 Å². The van der Waals surface area contributed by atoms with Crippen molar-refractivity contribution in [2.45, 2.75) is 13.1 Å². The maximum atomic E-state index is 12.7. The fourth-order valence-corrected chi connectivity index (χ4v) is 2.25. The highest BCUT2D eigenvalue weighted by Gasteiger charge is 2.31. The van der Waals surface area contributed by atoms with E-state index in [2.05, 4.69) is 5.48 Å². The number of amides is 2. The molecule has 1 saturated heterocycles. The summed E-state index contributed by atoms with van der Waals surface area (Å²) < 4.78 is 38.2. The zero-order valence-corrected chi connectivity index (χ0v) is 12.2. The first kappa shape index (κ1) is 16.4. The van der Waals surface area contributed by atoms with Gasteiger partial charge in [-0.1, -0.05) is 6.07 Å². The molecule has 1 aliphatic rings. The molecule has 0 saturated carbocycles. The Bertz CT molecular complexity index is 514. The number of benzene rings is 1. The lowest BCUT2D eigenvalue weighted by molar-refractivity contribution is -0.137. The number of carbonyl (C=O) groups excluding carboxylic acids is 1. The molecular formula is C14H18F3N3O2. The van der Waals surface area contributed by atoms with Crippen LogP contribution in [-0.4, -0.2) is 43.7 Å². The second-order valence-corrected chi connectivity index (χ2v) is 4.86. The number of alkyl halides is 3. The summed E-state index contributed by atoms with van der Waals surface area (Å²) in [5, 5.41) is 0. The van der Waals surface area contributed by atoms with Gasteiger partial charge in [-0.05, 0) is 25.1 Å². The zero-order valence-electron chi connectivity index (χ0n) is 12.2. The molecule has 1 heterocycles. The van der Waals surface area contributed by atoms with Gasteiger partial charge in [0.05, 0.1) is 12.2 Å². The van der Waals surface area contributed by atoms with Crippen molar-refractivity contribution < 1.29 is 22.8 Å². The van der Waals surface area contributed by atoms with Crippen molar-refractivity contribution in [2.24, 2.45) is 0 Å². The number of hydroxylamine groups is 1. The molecule has 5 nitrogen and oxygen atoms in total. The minimum atomic E-state index is -4.35. The molecule has 22 heavy (non-hydrogen) atoms. The third-order valence-electron chi connectivity index (χ3n) is 3.41. The van der Waals surface area contributed by atoms with E-state index in [9.17, 15) is 18.0 Å². The van der Waals surface area contributed by atoms with Crippen LogP contribution in [0, 0.1) is 0 Å². The molecule has 1 aliphatic heterocycles. The van der Waals surface area contributed by atoms with Crippen molar-refractivity contribution in [3.63, 3.8) is 0 Å². The van der Waals surface area contributed by atoms with Crippen molar-refractivity contribution in [3.8, 4) is 0 Å². The van der Waals surface area contributed by atoms with E-state index in [1.165, 1.54) is 6.07 Å². The van der Waals surface area contributed by atoms with E-state index in [0.717, 1.165) is 12.1 Å². The maximum absolute atomic E-state index is 12.7. The van der Waals surface area contributed by atoms with Crippen molar-refractivity contribution in [3.05, 3.63) is 29.8 Å². The van der Waals surface area contributed by atoms with Crippen molar-refractivity contribution in [2.75, 3.05) is 37.7 Å². The number of nitrogens with one attached hydrogen (secondary N) is 1. The van der Waals surface area contributed by atoms with Crippen molar-refractivity contribution in [1.82, 2.24) is 10.4 Å². The summed E-state index contributed by atoms with van der Waals surface area (Å²) in [4.78, 5) is 19.9. The predicted octanol–water partition coefficient (Wildman–Crippen LogP) is 2.49. The number of anilines is 1. The van der Waals surface area contributed by atoms with Gasteiger partial charge in [-0.3, -0.25) is 4.84 Å². The maximum Gasteiger partial charge on any atom is 0.416 e. The SMILES string of the molecule is CCONC(=O)N1CCN(c2cccc(C(F)(F)F)c2)CC1. The molecule has 0 aromatic heterocycles. The Morgan fingerprint density at radius 1 is 1.27 bits per heavy atom. The lowest BCUT2D eigenvalue weighted by Crippen LogP contribution is -2.51. The van der Waals surface area contributed by atoms with Gasteiger partial charge in [0.1, 0.15) is 0 Å². The Morgan fingerprint density at radius 2 is 1.95 bits per heavy atom. The van der Waals surface area contributed by atoms with Gasteiger partial charge in [-0.2, -0.15) is 13.2 Å². The first-order valence-corrected chi connectivity index (χ1v) is 7.00. The van der Waals surface area contributed by atoms with Crippen LogP contribution in [0.4, 0.5) is 23.7 Å². The molecule has 1 aromatic carbocycles. The number of urea groups is 1. The van der Waals surface area contributed by atoms with E-state index < -0.39 is 11.7 Å². The van der Waals surface area contributed by atoms with Crippen LogP contribution in [-0.2, 0) is 11.0 Å². The molecule has 0 bridgehead atoms. The minimum absolute atomic E-state index is 0.328. The molecule has 0 atom stereocenters. The molecule has 1 fully saturated rings.